The fourth-order valence-electron chi connectivity index (χ4n) is 3.46. The molecule has 1 fully saturated rings. The highest BCUT2D eigenvalue weighted by Crippen LogP contribution is 2.20. The van der Waals surface area contributed by atoms with E-state index in [2.05, 4.69) is 29.4 Å². The summed E-state index contributed by atoms with van der Waals surface area (Å²) < 4.78 is 7.77. The van der Waals surface area contributed by atoms with Crippen molar-refractivity contribution in [3.63, 3.8) is 0 Å². The number of aromatic nitrogens is 2. The standard InChI is InChI=1S/C20H27N3O2/c1-15-19(16(2)22(3)21-15)20(24)23-12-11-18(14-23)25-13-7-10-17-8-5-4-6-9-17/h4-6,8-9,18H,7,10-14H2,1-3H3/t18-/m0/s1. The van der Waals surface area contributed by atoms with Gasteiger partial charge in [0, 0.05) is 32.4 Å². The van der Waals surface area contributed by atoms with Crippen molar-refractivity contribution in [3.8, 4) is 0 Å². The molecule has 0 bridgehead atoms. The quantitative estimate of drug-likeness (QED) is 0.759. The number of carbonyl (C=O) groups is 1. The summed E-state index contributed by atoms with van der Waals surface area (Å²) in [5, 5.41) is 4.35. The van der Waals surface area contributed by atoms with Crippen LogP contribution >= 0.6 is 0 Å². The summed E-state index contributed by atoms with van der Waals surface area (Å²) in [4.78, 5) is 14.7. The fraction of sp³-hybridized carbons (Fsp3) is 0.500. The molecule has 1 aromatic carbocycles. The van der Waals surface area contributed by atoms with Crippen molar-refractivity contribution in [2.24, 2.45) is 7.05 Å². The molecule has 5 nitrogen and oxygen atoms in total. The first-order chi connectivity index (χ1) is 12.1. The largest absolute Gasteiger partial charge is 0.376 e. The Morgan fingerprint density at radius 1 is 1.28 bits per heavy atom. The molecule has 0 spiro atoms. The minimum atomic E-state index is 0.0819. The van der Waals surface area contributed by atoms with Crippen LogP contribution < -0.4 is 0 Å². The number of likely N-dealkylation sites (tertiary alicyclic amines) is 1. The highest BCUT2D eigenvalue weighted by molar-refractivity contribution is 5.96. The SMILES string of the molecule is Cc1nn(C)c(C)c1C(=O)N1CC[C@H](OCCCc2ccccc2)C1. The van der Waals surface area contributed by atoms with Crippen LogP contribution in [-0.2, 0) is 18.2 Å². The molecule has 0 saturated carbocycles. The van der Waals surface area contributed by atoms with Gasteiger partial charge in [-0.2, -0.15) is 5.10 Å². The van der Waals surface area contributed by atoms with Crippen molar-refractivity contribution in [2.75, 3.05) is 19.7 Å². The molecule has 0 radical (unpaired) electrons. The van der Waals surface area contributed by atoms with Gasteiger partial charge in [0.2, 0.25) is 0 Å². The third-order valence-electron chi connectivity index (χ3n) is 4.96. The van der Waals surface area contributed by atoms with Crippen molar-refractivity contribution in [1.82, 2.24) is 14.7 Å². The van der Waals surface area contributed by atoms with Crippen LogP contribution in [-0.4, -0.2) is 46.4 Å². The molecule has 1 saturated heterocycles. The zero-order valence-corrected chi connectivity index (χ0v) is 15.4. The van der Waals surface area contributed by atoms with E-state index in [1.165, 1.54) is 5.56 Å². The summed E-state index contributed by atoms with van der Waals surface area (Å²) in [6.07, 6.45) is 3.10. The maximum Gasteiger partial charge on any atom is 0.257 e. The molecule has 0 N–H and O–H groups in total. The van der Waals surface area contributed by atoms with E-state index in [4.69, 9.17) is 4.74 Å². The minimum Gasteiger partial charge on any atom is -0.376 e. The van der Waals surface area contributed by atoms with Crippen molar-refractivity contribution in [1.29, 1.82) is 0 Å². The molecule has 5 heteroatoms. The molecule has 3 rings (SSSR count). The second-order valence-corrected chi connectivity index (χ2v) is 6.79. The molecule has 0 aliphatic carbocycles. The lowest BCUT2D eigenvalue weighted by Crippen LogP contribution is -2.31. The number of hydrogen-bond acceptors (Lipinski definition) is 3. The maximum atomic E-state index is 12.8. The molecule has 2 aromatic rings. The van der Waals surface area contributed by atoms with Gasteiger partial charge in [-0.25, -0.2) is 0 Å². The Labute approximate surface area is 149 Å². The number of rotatable bonds is 6. The van der Waals surface area contributed by atoms with Crippen molar-refractivity contribution < 1.29 is 9.53 Å². The lowest BCUT2D eigenvalue weighted by Gasteiger charge is -2.17. The van der Waals surface area contributed by atoms with Crippen LogP contribution in [0, 0.1) is 13.8 Å². The second kappa shape index (κ2) is 7.83. The average Bonchev–Trinajstić information content (AvgIpc) is 3.17. The van der Waals surface area contributed by atoms with E-state index >= 15 is 0 Å². The smallest absolute Gasteiger partial charge is 0.257 e. The fourth-order valence-corrected chi connectivity index (χ4v) is 3.46. The predicted molar refractivity (Wildman–Crippen MR) is 97.7 cm³/mol. The number of amides is 1. The summed E-state index contributed by atoms with van der Waals surface area (Å²) in [7, 11) is 1.88. The van der Waals surface area contributed by atoms with E-state index in [9.17, 15) is 4.79 Å². The van der Waals surface area contributed by atoms with E-state index in [0.29, 0.717) is 6.54 Å². The molecule has 134 valence electrons. The number of carbonyl (C=O) groups excluding carboxylic acids is 1. The van der Waals surface area contributed by atoms with Crippen molar-refractivity contribution in [3.05, 3.63) is 52.8 Å². The Morgan fingerprint density at radius 3 is 2.72 bits per heavy atom. The number of ether oxygens (including phenoxy) is 1. The summed E-state index contributed by atoms with van der Waals surface area (Å²) in [5.41, 5.74) is 3.82. The molecule has 1 aliphatic heterocycles. The van der Waals surface area contributed by atoms with Crippen molar-refractivity contribution in [2.45, 2.75) is 39.2 Å². The van der Waals surface area contributed by atoms with Gasteiger partial charge in [0.15, 0.2) is 0 Å². The van der Waals surface area contributed by atoms with Gasteiger partial charge in [0.05, 0.1) is 17.4 Å². The van der Waals surface area contributed by atoms with Crippen LogP contribution in [0.25, 0.3) is 0 Å². The lowest BCUT2D eigenvalue weighted by atomic mass is 10.1. The Morgan fingerprint density at radius 2 is 2.04 bits per heavy atom. The molecule has 1 aliphatic rings. The van der Waals surface area contributed by atoms with Gasteiger partial charge in [-0.15, -0.1) is 0 Å². The maximum absolute atomic E-state index is 12.8. The second-order valence-electron chi connectivity index (χ2n) is 6.79. The van der Waals surface area contributed by atoms with E-state index in [0.717, 1.165) is 49.4 Å². The van der Waals surface area contributed by atoms with Crippen LogP contribution in [0.5, 0.6) is 0 Å². The van der Waals surface area contributed by atoms with E-state index in [1.807, 2.05) is 31.9 Å². The van der Waals surface area contributed by atoms with E-state index in [-0.39, 0.29) is 12.0 Å². The third-order valence-corrected chi connectivity index (χ3v) is 4.96. The molecular weight excluding hydrogens is 314 g/mol. The number of hydrogen-bond donors (Lipinski definition) is 0. The molecule has 1 atom stereocenters. The van der Waals surface area contributed by atoms with Crippen molar-refractivity contribution >= 4 is 5.91 Å². The highest BCUT2D eigenvalue weighted by Gasteiger charge is 2.30. The Hall–Kier alpha value is -2.14. The first-order valence-corrected chi connectivity index (χ1v) is 9.01. The van der Waals surface area contributed by atoms with Gasteiger partial charge in [0.1, 0.15) is 0 Å². The van der Waals surface area contributed by atoms with E-state index in [1.54, 1.807) is 4.68 Å². The van der Waals surface area contributed by atoms with Gasteiger partial charge in [-0.1, -0.05) is 30.3 Å². The normalized spacial score (nSPS) is 17.2. The van der Waals surface area contributed by atoms with Crippen LogP contribution in [0.15, 0.2) is 30.3 Å². The number of aryl methyl sites for hydroxylation is 3. The van der Waals surface area contributed by atoms with Crippen LogP contribution in [0.1, 0.15) is 40.2 Å². The monoisotopic (exact) mass is 341 g/mol. The summed E-state index contributed by atoms with van der Waals surface area (Å²) in [6.45, 7) is 6.02. The lowest BCUT2D eigenvalue weighted by molar-refractivity contribution is 0.0524. The van der Waals surface area contributed by atoms with Gasteiger partial charge < -0.3 is 9.64 Å². The first-order valence-electron chi connectivity index (χ1n) is 9.01. The topological polar surface area (TPSA) is 47.4 Å². The summed E-state index contributed by atoms with van der Waals surface area (Å²) >= 11 is 0. The summed E-state index contributed by atoms with van der Waals surface area (Å²) in [6, 6.07) is 10.5. The van der Waals surface area contributed by atoms with E-state index < -0.39 is 0 Å². The van der Waals surface area contributed by atoms with Gasteiger partial charge in [-0.3, -0.25) is 9.48 Å². The first kappa shape index (κ1) is 17.7. The molecule has 1 amide bonds. The molecule has 25 heavy (non-hydrogen) atoms. The van der Waals surface area contributed by atoms with Crippen LogP contribution in [0.4, 0.5) is 0 Å². The van der Waals surface area contributed by atoms with Gasteiger partial charge in [-0.05, 0) is 38.7 Å². The zero-order chi connectivity index (χ0) is 17.8. The van der Waals surface area contributed by atoms with Gasteiger partial charge in [0.25, 0.3) is 5.91 Å². The van der Waals surface area contributed by atoms with Crippen LogP contribution in [0.2, 0.25) is 0 Å². The Balaban J connectivity index is 1.46. The van der Waals surface area contributed by atoms with Gasteiger partial charge >= 0.3 is 0 Å². The Kier molecular flexibility index (Phi) is 5.53. The zero-order valence-electron chi connectivity index (χ0n) is 15.4. The molecule has 0 unspecified atom stereocenters. The highest BCUT2D eigenvalue weighted by atomic mass is 16.5. The molecule has 2 heterocycles. The average molecular weight is 341 g/mol. The minimum absolute atomic E-state index is 0.0819. The third kappa shape index (κ3) is 4.10. The van der Waals surface area contributed by atoms with Crippen LogP contribution in [0.3, 0.4) is 0 Å². The molecule has 1 aromatic heterocycles. The molecular formula is C20H27N3O2. The number of nitrogens with zero attached hydrogens (tertiary/aromatic N) is 3. The number of benzene rings is 1. The summed E-state index contributed by atoms with van der Waals surface area (Å²) in [5.74, 6) is 0.0819. The Bertz CT molecular complexity index is 724. The predicted octanol–water partition coefficient (Wildman–Crippen LogP) is 2.90.